The van der Waals surface area contributed by atoms with Gasteiger partial charge in [-0.05, 0) is 29.5 Å². The fourth-order valence-corrected chi connectivity index (χ4v) is 4.11. The first-order valence-electron chi connectivity index (χ1n) is 9.36. The predicted molar refractivity (Wildman–Crippen MR) is 101 cm³/mol. The molecule has 2 heterocycles. The van der Waals surface area contributed by atoms with Crippen molar-refractivity contribution >= 4 is 17.7 Å². The molecule has 1 N–H and O–H groups in total. The van der Waals surface area contributed by atoms with Crippen LogP contribution in [0.5, 0.6) is 0 Å². The molecule has 0 aliphatic carbocycles. The maximum absolute atomic E-state index is 13.1. The third-order valence-electron chi connectivity index (χ3n) is 5.49. The number of benzene rings is 2. The molecule has 0 bridgehead atoms. The number of hydrogen-bond acceptors (Lipinski definition) is 3. The number of imide groups is 1. The molecule has 2 aliphatic rings. The van der Waals surface area contributed by atoms with E-state index in [0.717, 1.165) is 12.8 Å². The van der Waals surface area contributed by atoms with Gasteiger partial charge in [-0.2, -0.15) is 0 Å². The van der Waals surface area contributed by atoms with Crippen molar-refractivity contribution in [2.45, 2.75) is 31.7 Å². The second-order valence-electron chi connectivity index (χ2n) is 7.26. The number of rotatable bonds is 4. The summed E-state index contributed by atoms with van der Waals surface area (Å²) in [6.45, 7) is 0.635. The van der Waals surface area contributed by atoms with Crippen LogP contribution in [0.15, 0.2) is 54.6 Å². The fourth-order valence-electron chi connectivity index (χ4n) is 4.11. The largest absolute Gasteiger partial charge is 0.335 e. The molecule has 2 unspecified atom stereocenters. The van der Waals surface area contributed by atoms with E-state index in [1.54, 1.807) is 0 Å². The van der Waals surface area contributed by atoms with Crippen LogP contribution in [0.3, 0.4) is 0 Å². The van der Waals surface area contributed by atoms with E-state index in [9.17, 15) is 14.4 Å². The molecule has 2 aromatic carbocycles. The number of carbonyl (C=O) groups excluding carboxylic acids is 3. The standard InChI is InChI=1S/C22H22N2O3/c25-20-13-17(22(27)23-20)14-21(26)24-11-10-16-8-4-5-9-18(16)19(24)12-15-6-2-1-3-7-15/h1-9,17,19H,10-14H2,(H,23,25,27). The summed E-state index contributed by atoms with van der Waals surface area (Å²) in [5.41, 5.74) is 3.62. The molecule has 5 heteroatoms. The van der Waals surface area contributed by atoms with Crippen LogP contribution < -0.4 is 5.32 Å². The molecule has 2 aliphatic heterocycles. The molecule has 0 aromatic heterocycles. The highest BCUT2D eigenvalue weighted by molar-refractivity contribution is 6.04. The van der Waals surface area contributed by atoms with Crippen molar-refractivity contribution in [3.8, 4) is 0 Å². The quantitative estimate of drug-likeness (QED) is 0.850. The van der Waals surface area contributed by atoms with E-state index < -0.39 is 5.92 Å². The van der Waals surface area contributed by atoms with Gasteiger partial charge >= 0.3 is 0 Å². The first-order chi connectivity index (χ1) is 13.1. The van der Waals surface area contributed by atoms with E-state index in [0.29, 0.717) is 6.54 Å². The van der Waals surface area contributed by atoms with E-state index >= 15 is 0 Å². The van der Waals surface area contributed by atoms with E-state index in [2.05, 4.69) is 29.6 Å². The Balaban J connectivity index is 1.59. The molecule has 1 fully saturated rings. The minimum absolute atomic E-state index is 0.0509. The molecule has 4 rings (SSSR count). The van der Waals surface area contributed by atoms with Crippen molar-refractivity contribution in [3.63, 3.8) is 0 Å². The Morgan fingerprint density at radius 2 is 1.78 bits per heavy atom. The molecular weight excluding hydrogens is 340 g/mol. The zero-order valence-electron chi connectivity index (χ0n) is 15.1. The Bertz CT molecular complexity index is 878. The third kappa shape index (κ3) is 3.63. The van der Waals surface area contributed by atoms with Gasteiger partial charge in [0, 0.05) is 19.4 Å². The zero-order valence-corrected chi connectivity index (χ0v) is 15.1. The van der Waals surface area contributed by atoms with Gasteiger partial charge in [-0.1, -0.05) is 54.6 Å². The van der Waals surface area contributed by atoms with E-state index in [4.69, 9.17) is 0 Å². The number of fused-ring (bicyclic) bond motifs is 1. The Labute approximate surface area is 158 Å². The van der Waals surface area contributed by atoms with Gasteiger partial charge in [-0.25, -0.2) is 0 Å². The Kier molecular flexibility index (Phi) is 4.75. The topological polar surface area (TPSA) is 66.5 Å². The van der Waals surface area contributed by atoms with Crippen LogP contribution in [-0.2, 0) is 27.2 Å². The van der Waals surface area contributed by atoms with Crippen LogP contribution in [0.4, 0.5) is 0 Å². The monoisotopic (exact) mass is 362 g/mol. The zero-order chi connectivity index (χ0) is 18.8. The summed E-state index contributed by atoms with van der Waals surface area (Å²) >= 11 is 0. The van der Waals surface area contributed by atoms with E-state index in [1.807, 2.05) is 35.2 Å². The van der Waals surface area contributed by atoms with Crippen LogP contribution in [-0.4, -0.2) is 29.2 Å². The molecule has 5 nitrogen and oxygen atoms in total. The summed E-state index contributed by atoms with van der Waals surface area (Å²) < 4.78 is 0. The third-order valence-corrected chi connectivity index (χ3v) is 5.49. The van der Waals surface area contributed by atoms with Crippen molar-refractivity contribution < 1.29 is 14.4 Å². The molecule has 138 valence electrons. The van der Waals surface area contributed by atoms with Crippen LogP contribution in [0, 0.1) is 5.92 Å². The highest BCUT2D eigenvalue weighted by Crippen LogP contribution is 2.33. The van der Waals surface area contributed by atoms with Crippen molar-refractivity contribution in [3.05, 3.63) is 71.3 Å². The van der Waals surface area contributed by atoms with Gasteiger partial charge in [0.25, 0.3) is 0 Å². The highest BCUT2D eigenvalue weighted by Gasteiger charge is 2.36. The summed E-state index contributed by atoms with van der Waals surface area (Å²) in [6.07, 6.45) is 1.74. The number of carbonyl (C=O) groups is 3. The lowest BCUT2D eigenvalue weighted by atomic mass is 9.88. The van der Waals surface area contributed by atoms with Gasteiger partial charge < -0.3 is 4.90 Å². The predicted octanol–water partition coefficient (Wildman–Crippen LogP) is 2.41. The molecule has 0 radical (unpaired) electrons. The van der Waals surface area contributed by atoms with Crippen molar-refractivity contribution in [1.82, 2.24) is 10.2 Å². The lowest BCUT2D eigenvalue weighted by molar-refractivity contribution is -0.137. The smallest absolute Gasteiger partial charge is 0.230 e. The number of nitrogens with one attached hydrogen (secondary N) is 1. The van der Waals surface area contributed by atoms with E-state index in [1.165, 1.54) is 16.7 Å². The van der Waals surface area contributed by atoms with E-state index in [-0.39, 0.29) is 36.6 Å². The van der Waals surface area contributed by atoms with Crippen molar-refractivity contribution in [2.75, 3.05) is 6.54 Å². The average molecular weight is 362 g/mol. The molecule has 1 saturated heterocycles. The summed E-state index contributed by atoms with van der Waals surface area (Å²) in [6, 6.07) is 18.3. The molecule has 3 amide bonds. The maximum Gasteiger partial charge on any atom is 0.230 e. The molecular formula is C22H22N2O3. The maximum atomic E-state index is 13.1. The Morgan fingerprint density at radius 1 is 1.04 bits per heavy atom. The van der Waals surface area contributed by atoms with Gasteiger partial charge in [0.1, 0.15) is 0 Å². The first kappa shape index (κ1) is 17.5. The molecule has 2 atom stereocenters. The Hall–Kier alpha value is -2.95. The minimum Gasteiger partial charge on any atom is -0.335 e. The van der Waals surface area contributed by atoms with Gasteiger partial charge in [0.2, 0.25) is 17.7 Å². The Morgan fingerprint density at radius 3 is 2.52 bits per heavy atom. The van der Waals surface area contributed by atoms with Crippen molar-refractivity contribution in [2.24, 2.45) is 5.92 Å². The van der Waals surface area contributed by atoms with Crippen LogP contribution >= 0.6 is 0 Å². The lowest BCUT2D eigenvalue weighted by Crippen LogP contribution is -2.42. The minimum atomic E-state index is -0.542. The molecule has 0 spiro atoms. The number of amides is 3. The molecule has 2 aromatic rings. The molecule has 27 heavy (non-hydrogen) atoms. The van der Waals surface area contributed by atoms with Gasteiger partial charge in [-0.3, -0.25) is 19.7 Å². The van der Waals surface area contributed by atoms with Crippen LogP contribution in [0.2, 0.25) is 0 Å². The van der Waals surface area contributed by atoms with Gasteiger partial charge in [-0.15, -0.1) is 0 Å². The fraction of sp³-hybridized carbons (Fsp3) is 0.318. The summed E-state index contributed by atoms with van der Waals surface area (Å²) in [5.74, 6) is -1.21. The average Bonchev–Trinajstić information content (AvgIpc) is 2.99. The highest BCUT2D eigenvalue weighted by atomic mass is 16.2. The second kappa shape index (κ2) is 7.35. The van der Waals surface area contributed by atoms with Gasteiger partial charge in [0.15, 0.2) is 0 Å². The second-order valence-corrected chi connectivity index (χ2v) is 7.26. The van der Waals surface area contributed by atoms with Crippen LogP contribution in [0.25, 0.3) is 0 Å². The number of hydrogen-bond donors (Lipinski definition) is 1. The summed E-state index contributed by atoms with van der Waals surface area (Å²) in [5, 5.41) is 2.29. The normalized spacial score (nSPS) is 21.7. The molecule has 0 saturated carbocycles. The first-order valence-corrected chi connectivity index (χ1v) is 9.36. The lowest BCUT2D eigenvalue weighted by Gasteiger charge is -2.38. The SMILES string of the molecule is O=C1CC(CC(=O)N2CCc3ccccc3C2Cc2ccccc2)C(=O)N1. The number of nitrogens with zero attached hydrogens (tertiary/aromatic N) is 1. The summed E-state index contributed by atoms with van der Waals surface area (Å²) in [7, 11) is 0. The summed E-state index contributed by atoms with van der Waals surface area (Å²) in [4.78, 5) is 38.3. The van der Waals surface area contributed by atoms with Crippen molar-refractivity contribution in [1.29, 1.82) is 0 Å². The van der Waals surface area contributed by atoms with Gasteiger partial charge in [0.05, 0.1) is 12.0 Å². The van der Waals surface area contributed by atoms with Crippen LogP contribution in [0.1, 0.15) is 35.6 Å².